The van der Waals surface area contributed by atoms with E-state index in [-0.39, 0.29) is 0 Å². The van der Waals surface area contributed by atoms with Crippen LogP contribution >= 0.6 is 23.4 Å². The molecule has 0 amide bonds. The van der Waals surface area contributed by atoms with E-state index in [1.807, 2.05) is 6.92 Å². The van der Waals surface area contributed by atoms with Gasteiger partial charge in [-0.3, -0.25) is 0 Å². The molecule has 0 heterocycles. The van der Waals surface area contributed by atoms with Crippen LogP contribution in [0.1, 0.15) is 6.92 Å². The molecule has 0 atom stereocenters. The third-order valence-electron chi connectivity index (χ3n) is 1.85. The predicted octanol–water partition coefficient (Wildman–Crippen LogP) is 3.96. The van der Waals surface area contributed by atoms with E-state index in [1.165, 1.54) is 4.90 Å². The first-order valence-electron chi connectivity index (χ1n) is 4.40. The minimum Gasteiger partial charge on any atom is -0.381 e. The molecule has 0 aromatic heterocycles. The third-order valence-corrected chi connectivity index (χ3v) is 2.96. The topological polar surface area (TPSA) is 12.0 Å². The maximum atomic E-state index is 5.56. The molecule has 0 radical (unpaired) electrons. The van der Waals surface area contributed by atoms with Crippen LogP contribution in [0.4, 0.5) is 5.69 Å². The molecule has 0 aliphatic carbocycles. The van der Waals surface area contributed by atoms with Crippen molar-refractivity contribution in [2.24, 2.45) is 0 Å². The van der Waals surface area contributed by atoms with Gasteiger partial charge in [0.2, 0.25) is 0 Å². The molecular weight excluding hydrogens is 214 g/mol. The van der Waals surface area contributed by atoms with E-state index in [1.54, 1.807) is 17.3 Å². The Balaban J connectivity index is 2.52. The monoisotopic (exact) mass is 227 g/mol. The van der Waals surface area contributed by atoms with Crippen molar-refractivity contribution in [3.8, 4) is 0 Å². The van der Waals surface area contributed by atoms with Gasteiger partial charge >= 0.3 is 0 Å². The van der Waals surface area contributed by atoms with Gasteiger partial charge in [-0.25, -0.2) is 0 Å². The summed E-state index contributed by atoms with van der Waals surface area (Å²) in [7, 11) is 0. The summed E-state index contributed by atoms with van der Waals surface area (Å²) in [5.74, 6) is 0. The highest BCUT2D eigenvalue weighted by atomic mass is 35.5. The quantitative estimate of drug-likeness (QED) is 0.782. The summed E-state index contributed by atoms with van der Waals surface area (Å²) in [5, 5.41) is 3.28. The van der Waals surface area contributed by atoms with Gasteiger partial charge in [0.05, 0.1) is 0 Å². The molecule has 0 saturated heterocycles. The van der Waals surface area contributed by atoms with Crippen LogP contribution in [-0.4, -0.2) is 12.8 Å². The van der Waals surface area contributed by atoms with Crippen LogP contribution < -0.4 is 5.32 Å². The second kappa shape index (κ2) is 5.99. The molecule has 0 unspecified atom stereocenters. The molecule has 0 fully saturated rings. The Labute approximate surface area is 94.5 Å². The number of hydrogen-bond acceptors (Lipinski definition) is 2. The van der Waals surface area contributed by atoms with Crippen molar-refractivity contribution < 1.29 is 0 Å². The van der Waals surface area contributed by atoms with Crippen LogP contribution in [0.3, 0.4) is 0 Å². The molecule has 0 aliphatic heterocycles. The number of anilines is 1. The zero-order chi connectivity index (χ0) is 10.4. The molecule has 0 aliphatic rings. The molecule has 3 heteroatoms. The molecule has 0 saturated carbocycles. The standard InChI is InChI=1S/C11H14ClNS/c1-9(7-12)8-13-10-3-5-11(14-2)6-4-10/h3-7,13H,8H2,1-2H3/b9-7+. The van der Waals surface area contributed by atoms with Gasteiger partial charge in [-0.1, -0.05) is 11.6 Å². The normalized spacial score (nSPS) is 11.5. The number of rotatable bonds is 4. The summed E-state index contributed by atoms with van der Waals surface area (Å²) in [4.78, 5) is 1.28. The van der Waals surface area contributed by atoms with E-state index in [0.717, 1.165) is 17.8 Å². The molecule has 1 aromatic carbocycles. The third kappa shape index (κ3) is 3.64. The Morgan fingerprint density at radius 2 is 2.07 bits per heavy atom. The van der Waals surface area contributed by atoms with Crippen molar-refractivity contribution in [1.29, 1.82) is 0 Å². The van der Waals surface area contributed by atoms with E-state index in [4.69, 9.17) is 11.6 Å². The Morgan fingerprint density at radius 3 is 2.57 bits per heavy atom. The first kappa shape index (κ1) is 11.5. The number of benzene rings is 1. The molecule has 0 bridgehead atoms. The largest absolute Gasteiger partial charge is 0.381 e. The van der Waals surface area contributed by atoms with Gasteiger partial charge in [0.15, 0.2) is 0 Å². The molecule has 14 heavy (non-hydrogen) atoms. The highest BCUT2D eigenvalue weighted by Gasteiger charge is 1.93. The van der Waals surface area contributed by atoms with Crippen molar-refractivity contribution in [2.45, 2.75) is 11.8 Å². The average Bonchev–Trinajstić information content (AvgIpc) is 2.26. The maximum absolute atomic E-state index is 5.56. The van der Waals surface area contributed by atoms with Gasteiger partial charge in [0, 0.05) is 22.7 Å². The van der Waals surface area contributed by atoms with Gasteiger partial charge in [-0.15, -0.1) is 11.8 Å². The van der Waals surface area contributed by atoms with Crippen molar-refractivity contribution in [3.63, 3.8) is 0 Å². The fourth-order valence-electron chi connectivity index (χ4n) is 0.989. The summed E-state index contributed by atoms with van der Waals surface area (Å²) < 4.78 is 0. The highest BCUT2D eigenvalue weighted by molar-refractivity contribution is 7.98. The molecule has 1 aromatic rings. The Bertz CT molecular complexity index is 306. The van der Waals surface area contributed by atoms with E-state index < -0.39 is 0 Å². The molecule has 76 valence electrons. The van der Waals surface area contributed by atoms with Crippen molar-refractivity contribution in [3.05, 3.63) is 35.4 Å². The second-order valence-corrected chi connectivity index (χ2v) is 4.14. The lowest BCUT2D eigenvalue weighted by molar-refractivity contribution is 1.21. The lowest BCUT2D eigenvalue weighted by Crippen LogP contribution is -2.01. The number of thioether (sulfide) groups is 1. The van der Waals surface area contributed by atoms with Gasteiger partial charge in [0.25, 0.3) is 0 Å². The zero-order valence-electron chi connectivity index (χ0n) is 8.38. The highest BCUT2D eigenvalue weighted by Crippen LogP contribution is 2.17. The summed E-state index contributed by atoms with van der Waals surface area (Å²) >= 11 is 7.31. The average molecular weight is 228 g/mol. The van der Waals surface area contributed by atoms with Crippen LogP contribution in [0.5, 0.6) is 0 Å². The van der Waals surface area contributed by atoms with Crippen molar-refractivity contribution >= 4 is 29.1 Å². The Hall–Kier alpha value is -0.600. The van der Waals surface area contributed by atoms with E-state index >= 15 is 0 Å². The maximum Gasteiger partial charge on any atom is 0.0369 e. The van der Waals surface area contributed by atoms with E-state index in [9.17, 15) is 0 Å². The molecular formula is C11H14ClNS. The molecule has 0 spiro atoms. The van der Waals surface area contributed by atoms with Gasteiger partial charge in [-0.2, -0.15) is 0 Å². The minimum absolute atomic E-state index is 0.794. The van der Waals surface area contributed by atoms with Crippen LogP contribution in [0.2, 0.25) is 0 Å². The summed E-state index contributed by atoms with van der Waals surface area (Å²) in [5.41, 5.74) is 3.85. The van der Waals surface area contributed by atoms with E-state index in [0.29, 0.717) is 0 Å². The van der Waals surface area contributed by atoms with Crippen LogP contribution in [0, 0.1) is 0 Å². The van der Waals surface area contributed by atoms with Crippen molar-refractivity contribution in [1.82, 2.24) is 0 Å². The smallest absolute Gasteiger partial charge is 0.0369 e. The zero-order valence-corrected chi connectivity index (χ0v) is 9.95. The van der Waals surface area contributed by atoms with Gasteiger partial charge in [-0.05, 0) is 43.0 Å². The molecule has 1 rings (SSSR count). The number of halogens is 1. The molecule has 1 N–H and O–H groups in total. The van der Waals surface area contributed by atoms with Gasteiger partial charge < -0.3 is 5.32 Å². The molecule has 1 nitrogen and oxygen atoms in total. The Morgan fingerprint density at radius 1 is 1.43 bits per heavy atom. The summed E-state index contributed by atoms with van der Waals surface area (Å²) in [6.07, 6.45) is 2.07. The van der Waals surface area contributed by atoms with Crippen LogP contribution in [0.25, 0.3) is 0 Å². The lowest BCUT2D eigenvalue weighted by Gasteiger charge is -2.06. The summed E-state index contributed by atoms with van der Waals surface area (Å²) in [6.45, 7) is 2.79. The van der Waals surface area contributed by atoms with E-state index in [2.05, 4.69) is 35.8 Å². The Kier molecular flexibility index (Phi) is 4.91. The van der Waals surface area contributed by atoms with Crippen molar-refractivity contribution in [2.75, 3.05) is 18.1 Å². The number of nitrogens with one attached hydrogen (secondary N) is 1. The number of hydrogen-bond donors (Lipinski definition) is 1. The van der Waals surface area contributed by atoms with Crippen LogP contribution in [0.15, 0.2) is 40.3 Å². The predicted molar refractivity (Wildman–Crippen MR) is 66.3 cm³/mol. The summed E-state index contributed by atoms with van der Waals surface area (Å²) in [6, 6.07) is 8.36. The first-order chi connectivity index (χ1) is 6.76. The second-order valence-electron chi connectivity index (χ2n) is 3.04. The van der Waals surface area contributed by atoms with Crippen LogP contribution in [-0.2, 0) is 0 Å². The fourth-order valence-corrected chi connectivity index (χ4v) is 1.47. The SMILES string of the molecule is CSc1ccc(NC/C(C)=C/Cl)cc1. The fraction of sp³-hybridized carbons (Fsp3) is 0.273. The minimum atomic E-state index is 0.794. The lowest BCUT2D eigenvalue weighted by atomic mass is 10.3. The van der Waals surface area contributed by atoms with Gasteiger partial charge in [0.1, 0.15) is 0 Å². The first-order valence-corrected chi connectivity index (χ1v) is 6.06.